The van der Waals surface area contributed by atoms with E-state index in [4.69, 9.17) is 18.9 Å². The van der Waals surface area contributed by atoms with Crippen LogP contribution >= 0.6 is 0 Å². The van der Waals surface area contributed by atoms with Crippen molar-refractivity contribution in [2.24, 2.45) is 0 Å². The smallest absolute Gasteiger partial charge is 0.397 e. The number of hydrogen-bond donors (Lipinski definition) is 4. The molecule has 13 heteroatoms. The molecule has 1 saturated heterocycles. The SMILES string of the molecule is CCCCCCCCCC/C=C\CCCCCCCCCCCCCCCC(=O)OC(COCCCCCCCCCCCCCCC)COC1OC(CO)C(O)C(OS(=O)(=O)O)C1O. The van der Waals surface area contributed by atoms with Crippen LogP contribution in [0.4, 0.5) is 0 Å². The number of carbonyl (C=O) groups excluding carboxylic acids is 1. The van der Waals surface area contributed by atoms with Crippen LogP contribution in [0.25, 0.3) is 0 Å². The van der Waals surface area contributed by atoms with Gasteiger partial charge in [-0.15, -0.1) is 0 Å². The van der Waals surface area contributed by atoms with Gasteiger partial charge in [-0.3, -0.25) is 9.35 Å². The highest BCUT2D eigenvalue weighted by Crippen LogP contribution is 2.26. The first-order chi connectivity index (χ1) is 31.6. The van der Waals surface area contributed by atoms with Crippen LogP contribution in [0.3, 0.4) is 0 Å². The summed E-state index contributed by atoms with van der Waals surface area (Å²) in [6.45, 7) is 4.04. The molecule has 0 saturated carbocycles. The molecule has 0 amide bonds. The quantitative estimate of drug-likeness (QED) is 0.0197. The number of esters is 1. The van der Waals surface area contributed by atoms with E-state index in [2.05, 4.69) is 30.2 Å². The van der Waals surface area contributed by atoms with E-state index in [9.17, 15) is 33.1 Å². The fraction of sp³-hybridized carbons (Fsp3) is 0.942. The van der Waals surface area contributed by atoms with Crippen molar-refractivity contribution in [3.63, 3.8) is 0 Å². The van der Waals surface area contributed by atoms with Crippen LogP contribution in [-0.4, -0.2) is 97.5 Å². The lowest BCUT2D eigenvalue weighted by Gasteiger charge is -2.41. The molecule has 12 nitrogen and oxygen atoms in total. The summed E-state index contributed by atoms with van der Waals surface area (Å²) in [5.74, 6) is -0.393. The maximum Gasteiger partial charge on any atom is 0.397 e. The van der Waals surface area contributed by atoms with Crippen LogP contribution < -0.4 is 0 Å². The van der Waals surface area contributed by atoms with Gasteiger partial charge < -0.3 is 34.3 Å². The Balaban J connectivity index is 2.27. The summed E-state index contributed by atoms with van der Waals surface area (Å²) < 4.78 is 59.2. The number of aliphatic hydroxyl groups excluding tert-OH is 3. The maximum absolute atomic E-state index is 12.9. The number of allylic oxidation sites excluding steroid dienone is 2. The maximum atomic E-state index is 12.9. The molecule has 386 valence electrons. The van der Waals surface area contributed by atoms with Gasteiger partial charge in [0.05, 0.1) is 19.8 Å². The lowest BCUT2D eigenvalue weighted by Crippen LogP contribution is -2.60. The largest absolute Gasteiger partial charge is 0.457 e. The molecule has 0 aliphatic carbocycles. The van der Waals surface area contributed by atoms with E-state index < -0.39 is 59.8 Å². The number of unbranched alkanes of at least 4 members (excludes halogenated alkanes) is 33. The summed E-state index contributed by atoms with van der Waals surface area (Å²) in [5, 5.41) is 30.7. The lowest BCUT2D eigenvalue weighted by atomic mass is 9.99. The normalized spacial score (nSPS) is 19.6. The monoisotopic (exact) mass is 949 g/mol. The second-order valence-corrected chi connectivity index (χ2v) is 19.9. The van der Waals surface area contributed by atoms with Gasteiger partial charge in [0.25, 0.3) is 0 Å². The zero-order valence-corrected chi connectivity index (χ0v) is 42.4. The zero-order chi connectivity index (χ0) is 47.5. The molecule has 1 aliphatic heterocycles. The summed E-state index contributed by atoms with van der Waals surface area (Å²) >= 11 is 0. The first kappa shape index (κ1) is 61.9. The minimum atomic E-state index is -5.06. The predicted molar refractivity (Wildman–Crippen MR) is 262 cm³/mol. The predicted octanol–water partition coefficient (Wildman–Crippen LogP) is 12.6. The second kappa shape index (κ2) is 44.1. The van der Waals surface area contributed by atoms with Gasteiger partial charge >= 0.3 is 16.4 Å². The van der Waals surface area contributed by atoms with Gasteiger partial charge in [-0.05, 0) is 38.5 Å². The molecule has 0 radical (unpaired) electrons. The van der Waals surface area contributed by atoms with Crippen molar-refractivity contribution < 1.29 is 56.2 Å². The van der Waals surface area contributed by atoms with Crippen LogP contribution in [-0.2, 0) is 38.3 Å². The number of aliphatic hydroxyl groups is 3. The molecule has 0 bridgehead atoms. The minimum absolute atomic E-state index is 0.0425. The van der Waals surface area contributed by atoms with E-state index >= 15 is 0 Å². The van der Waals surface area contributed by atoms with Crippen molar-refractivity contribution in [1.29, 1.82) is 0 Å². The molecule has 1 heterocycles. The van der Waals surface area contributed by atoms with Crippen molar-refractivity contribution in [3.05, 3.63) is 12.2 Å². The Labute approximate surface area is 398 Å². The van der Waals surface area contributed by atoms with Gasteiger partial charge in [-0.1, -0.05) is 219 Å². The number of carbonyl (C=O) groups is 1. The molecule has 1 aliphatic rings. The van der Waals surface area contributed by atoms with Crippen LogP contribution in [0.5, 0.6) is 0 Å². The summed E-state index contributed by atoms with van der Waals surface area (Å²) in [6, 6.07) is 0. The Kier molecular flexibility index (Phi) is 41.9. The van der Waals surface area contributed by atoms with E-state index in [1.807, 2.05) is 0 Å². The molecule has 0 aromatic rings. The molecule has 65 heavy (non-hydrogen) atoms. The first-order valence-corrected chi connectivity index (χ1v) is 28.3. The van der Waals surface area contributed by atoms with Gasteiger partial charge in [0, 0.05) is 13.0 Å². The third-order valence-corrected chi connectivity index (χ3v) is 13.1. The minimum Gasteiger partial charge on any atom is -0.457 e. The Morgan fingerprint density at radius 3 is 1.38 bits per heavy atom. The number of hydrogen-bond acceptors (Lipinski definition) is 11. The molecule has 6 atom stereocenters. The summed E-state index contributed by atoms with van der Waals surface area (Å²) in [5.41, 5.74) is 0. The average Bonchev–Trinajstić information content (AvgIpc) is 3.28. The summed E-state index contributed by atoms with van der Waals surface area (Å²) in [6.07, 6.45) is 41.1. The van der Waals surface area contributed by atoms with Gasteiger partial charge in [-0.25, -0.2) is 4.18 Å². The van der Waals surface area contributed by atoms with Gasteiger partial charge in [0.15, 0.2) is 6.29 Å². The highest BCUT2D eigenvalue weighted by Gasteiger charge is 2.48. The van der Waals surface area contributed by atoms with Gasteiger partial charge in [-0.2, -0.15) is 8.42 Å². The van der Waals surface area contributed by atoms with E-state index in [-0.39, 0.29) is 19.6 Å². The Hall–Kier alpha value is -1.16. The molecule has 0 spiro atoms. The molecule has 1 fully saturated rings. The van der Waals surface area contributed by atoms with E-state index in [1.54, 1.807) is 0 Å². The molecule has 4 N–H and O–H groups in total. The van der Waals surface area contributed by atoms with Crippen molar-refractivity contribution in [2.75, 3.05) is 26.4 Å². The van der Waals surface area contributed by atoms with Gasteiger partial charge in [0.2, 0.25) is 0 Å². The fourth-order valence-corrected chi connectivity index (χ4v) is 9.06. The molecular weight excluding hydrogens is 849 g/mol. The highest BCUT2D eigenvalue weighted by atomic mass is 32.3. The third kappa shape index (κ3) is 37.4. The van der Waals surface area contributed by atoms with Crippen LogP contribution in [0.15, 0.2) is 12.2 Å². The van der Waals surface area contributed by atoms with Crippen LogP contribution in [0, 0.1) is 0 Å². The standard InChI is InChI=1S/C52H100O12S/c1-3-5-7-9-11-13-15-17-18-19-20-21-22-23-24-25-26-27-28-29-31-33-35-37-39-41-48(54)62-46(44-60-42-40-38-36-34-32-30-16-14-12-10-8-6-4-2)45-61-52-50(56)51(64-65(57,58)59)49(55)47(43-53)63-52/h19-20,46-47,49-53,55-56H,3-18,21-45H2,1-2H3,(H,57,58,59)/b20-19-. The van der Waals surface area contributed by atoms with E-state index in [1.165, 1.54) is 186 Å². The van der Waals surface area contributed by atoms with Crippen molar-refractivity contribution in [2.45, 2.75) is 288 Å². The molecule has 0 aromatic heterocycles. The van der Waals surface area contributed by atoms with Crippen molar-refractivity contribution in [1.82, 2.24) is 0 Å². The molecule has 6 unspecified atom stereocenters. The average molecular weight is 949 g/mol. The Bertz CT molecular complexity index is 1190. The molecular formula is C52H100O12S. The Morgan fingerprint density at radius 1 is 0.569 bits per heavy atom. The number of ether oxygens (including phenoxy) is 4. The third-order valence-electron chi connectivity index (χ3n) is 12.6. The lowest BCUT2D eigenvalue weighted by molar-refractivity contribution is -0.301. The van der Waals surface area contributed by atoms with E-state index in [0.29, 0.717) is 13.0 Å². The Morgan fingerprint density at radius 2 is 0.969 bits per heavy atom. The fourth-order valence-electron chi connectivity index (χ4n) is 8.55. The van der Waals surface area contributed by atoms with Crippen LogP contribution in [0.1, 0.15) is 251 Å². The van der Waals surface area contributed by atoms with E-state index in [0.717, 1.165) is 38.5 Å². The topological polar surface area (TPSA) is 178 Å². The van der Waals surface area contributed by atoms with Crippen molar-refractivity contribution in [3.8, 4) is 0 Å². The number of rotatable bonds is 48. The second-order valence-electron chi connectivity index (χ2n) is 18.8. The van der Waals surface area contributed by atoms with Crippen LogP contribution in [0.2, 0.25) is 0 Å². The molecule has 0 aromatic carbocycles. The molecule has 1 rings (SSSR count). The zero-order valence-electron chi connectivity index (χ0n) is 41.6. The highest BCUT2D eigenvalue weighted by molar-refractivity contribution is 7.80. The summed E-state index contributed by atoms with van der Waals surface area (Å²) in [4.78, 5) is 12.9. The van der Waals surface area contributed by atoms with Gasteiger partial charge in [0.1, 0.15) is 30.5 Å². The first-order valence-electron chi connectivity index (χ1n) is 26.9. The van der Waals surface area contributed by atoms with Crippen molar-refractivity contribution >= 4 is 16.4 Å². The summed E-state index contributed by atoms with van der Waals surface area (Å²) in [7, 11) is -5.06.